The molecular weight excluding hydrogens is 220 g/mol. The standard InChI is InChI=1S/C12H22N2O3/c1-4-17-7-5-6-13-10-8-11(15)14(9(2)3)12(10)16/h9-10,13H,4-8H2,1-3H3. The van der Waals surface area contributed by atoms with E-state index in [1.807, 2.05) is 20.8 Å². The number of amides is 2. The number of likely N-dealkylation sites (tertiary alicyclic amines) is 1. The van der Waals surface area contributed by atoms with Crippen LogP contribution in [-0.2, 0) is 14.3 Å². The zero-order valence-electron chi connectivity index (χ0n) is 10.9. The number of carbonyl (C=O) groups excluding carboxylic acids is 2. The predicted octanol–water partition coefficient (Wildman–Crippen LogP) is 0.539. The molecule has 5 nitrogen and oxygen atoms in total. The van der Waals surface area contributed by atoms with Crippen molar-refractivity contribution in [1.29, 1.82) is 0 Å². The Morgan fingerprint density at radius 2 is 2.18 bits per heavy atom. The zero-order chi connectivity index (χ0) is 12.8. The van der Waals surface area contributed by atoms with E-state index in [0.717, 1.165) is 6.42 Å². The molecule has 98 valence electrons. The van der Waals surface area contributed by atoms with Gasteiger partial charge in [0.1, 0.15) is 0 Å². The largest absolute Gasteiger partial charge is 0.382 e. The van der Waals surface area contributed by atoms with Crippen molar-refractivity contribution >= 4 is 11.8 Å². The highest BCUT2D eigenvalue weighted by atomic mass is 16.5. The molecule has 0 aromatic rings. The number of ether oxygens (including phenoxy) is 1. The average Bonchev–Trinajstić information content (AvgIpc) is 2.53. The van der Waals surface area contributed by atoms with Crippen molar-refractivity contribution in [3.63, 3.8) is 0 Å². The Morgan fingerprint density at radius 3 is 2.71 bits per heavy atom. The third-order valence-corrected chi connectivity index (χ3v) is 2.76. The van der Waals surface area contributed by atoms with E-state index in [0.29, 0.717) is 19.8 Å². The van der Waals surface area contributed by atoms with E-state index in [-0.39, 0.29) is 30.3 Å². The number of nitrogens with one attached hydrogen (secondary N) is 1. The quantitative estimate of drug-likeness (QED) is 0.523. The molecule has 1 rings (SSSR count). The van der Waals surface area contributed by atoms with Gasteiger partial charge in [0, 0.05) is 19.3 Å². The maximum absolute atomic E-state index is 11.9. The van der Waals surface area contributed by atoms with Crippen molar-refractivity contribution < 1.29 is 14.3 Å². The van der Waals surface area contributed by atoms with Crippen LogP contribution in [-0.4, -0.2) is 48.6 Å². The summed E-state index contributed by atoms with van der Waals surface area (Å²) in [5, 5.41) is 3.11. The van der Waals surface area contributed by atoms with Crippen molar-refractivity contribution in [2.24, 2.45) is 0 Å². The lowest BCUT2D eigenvalue weighted by Crippen LogP contribution is -2.42. The van der Waals surface area contributed by atoms with E-state index >= 15 is 0 Å². The Hall–Kier alpha value is -0.940. The summed E-state index contributed by atoms with van der Waals surface area (Å²) in [5.41, 5.74) is 0. The number of hydrogen-bond acceptors (Lipinski definition) is 4. The van der Waals surface area contributed by atoms with Crippen LogP contribution in [0.2, 0.25) is 0 Å². The van der Waals surface area contributed by atoms with Gasteiger partial charge in [-0.15, -0.1) is 0 Å². The average molecular weight is 242 g/mol. The first-order valence-electron chi connectivity index (χ1n) is 6.25. The highest BCUT2D eigenvalue weighted by molar-refractivity contribution is 6.05. The second kappa shape index (κ2) is 6.71. The normalized spacial score (nSPS) is 20.7. The maximum atomic E-state index is 11.9. The van der Waals surface area contributed by atoms with E-state index in [1.54, 1.807) is 0 Å². The van der Waals surface area contributed by atoms with Crippen molar-refractivity contribution in [2.45, 2.75) is 45.7 Å². The third-order valence-electron chi connectivity index (χ3n) is 2.76. The van der Waals surface area contributed by atoms with E-state index in [9.17, 15) is 9.59 Å². The van der Waals surface area contributed by atoms with Crippen LogP contribution in [0.1, 0.15) is 33.6 Å². The SMILES string of the molecule is CCOCCCNC1CC(=O)N(C(C)C)C1=O. The summed E-state index contributed by atoms with van der Waals surface area (Å²) in [7, 11) is 0. The van der Waals surface area contributed by atoms with Crippen LogP contribution in [0.25, 0.3) is 0 Å². The van der Waals surface area contributed by atoms with Gasteiger partial charge in [-0.2, -0.15) is 0 Å². The summed E-state index contributed by atoms with van der Waals surface area (Å²) in [6.45, 7) is 7.76. The molecule has 0 aromatic carbocycles. The highest BCUT2D eigenvalue weighted by Gasteiger charge is 2.39. The topological polar surface area (TPSA) is 58.6 Å². The molecule has 1 unspecified atom stereocenters. The summed E-state index contributed by atoms with van der Waals surface area (Å²) in [5.74, 6) is -0.172. The molecule has 1 N–H and O–H groups in total. The predicted molar refractivity (Wildman–Crippen MR) is 64.5 cm³/mol. The smallest absolute Gasteiger partial charge is 0.247 e. The van der Waals surface area contributed by atoms with Crippen LogP contribution in [0, 0.1) is 0 Å². The van der Waals surface area contributed by atoms with Crippen molar-refractivity contribution in [3.05, 3.63) is 0 Å². The van der Waals surface area contributed by atoms with Crippen LogP contribution in [0.3, 0.4) is 0 Å². The summed E-state index contributed by atoms with van der Waals surface area (Å²) in [4.78, 5) is 24.8. The van der Waals surface area contributed by atoms with E-state index in [1.165, 1.54) is 4.90 Å². The lowest BCUT2D eigenvalue weighted by Gasteiger charge is -2.19. The minimum atomic E-state index is -0.341. The van der Waals surface area contributed by atoms with Crippen molar-refractivity contribution in [1.82, 2.24) is 10.2 Å². The van der Waals surface area contributed by atoms with Gasteiger partial charge in [0.2, 0.25) is 11.8 Å². The van der Waals surface area contributed by atoms with Gasteiger partial charge >= 0.3 is 0 Å². The number of nitrogens with zero attached hydrogens (tertiary/aromatic N) is 1. The van der Waals surface area contributed by atoms with Crippen LogP contribution < -0.4 is 5.32 Å². The Kier molecular flexibility index (Phi) is 5.58. The molecule has 0 spiro atoms. The minimum absolute atomic E-state index is 0.0507. The molecule has 1 saturated heterocycles. The van der Waals surface area contributed by atoms with Crippen LogP contribution in [0.5, 0.6) is 0 Å². The molecule has 0 radical (unpaired) electrons. The molecule has 2 amide bonds. The molecule has 0 saturated carbocycles. The van der Waals surface area contributed by atoms with Gasteiger partial charge in [0.25, 0.3) is 0 Å². The van der Waals surface area contributed by atoms with Crippen LogP contribution in [0.4, 0.5) is 0 Å². The molecule has 0 aromatic heterocycles. The minimum Gasteiger partial charge on any atom is -0.382 e. The van der Waals surface area contributed by atoms with E-state index in [4.69, 9.17) is 4.74 Å². The fourth-order valence-corrected chi connectivity index (χ4v) is 1.95. The van der Waals surface area contributed by atoms with Gasteiger partial charge in [-0.25, -0.2) is 0 Å². The van der Waals surface area contributed by atoms with Crippen LogP contribution in [0.15, 0.2) is 0 Å². The highest BCUT2D eigenvalue weighted by Crippen LogP contribution is 2.15. The van der Waals surface area contributed by atoms with E-state index in [2.05, 4.69) is 5.32 Å². The Bertz CT molecular complexity index is 279. The second-order valence-corrected chi connectivity index (χ2v) is 4.46. The molecule has 1 heterocycles. The van der Waals surface area contributed by atoms with Crippen LogP contribution >= 0.6 is 0 Å². The Labute approximate surface area is 102 Å². The second-order valence-electron chi connectivity index (χ2n) is 4.46. The fourth-order valence-electron chi connectivity index (χ4n) is 1.95. The summed E-state index contributed by atoms with van der Waals surface area (Å²) >= 11 is 0. The maximum Gasteiger partial charge on any atom is 0.247 e. The molecule has 0 aliphatic carbocycles. The first-order chi connectivity index (χ1) is 8.07. The summed E-state index contributed by atoms with van der Waals surface area (Å²) in [6.07, 6.45) is 1.14. The number of hydrogen-bond donors (Lipinski definition) is 1. The Morgan fingerprint density at radius 1 is 1.47 bits per heavy atom. The number of carbonyl (C=O) groups is 2. The molecule has 17 heavy (non-hydrogen) atoms. The monoisotopic (exact) mass is 242 g/mol. The molecule has 1 atom stereocenters. The van der Waals surface area contributed by atoms with Gasteiger partial charge in [0.15, 0.2) is 0 Å². The van der Waals surface area contributed by atoms with Gasteiger partial charge in [-0.3, -0.25) is 14.5 Å². The summed E-state index contributed by atoms with van der Waals surface area (Å²) < 4.78 is 5.20. The van der Waals surface area contributed by atoms with Gasteiger partial charge in [-0.05, 0) is 33.7 Å². The van der Waals surface area contributed by atoms with Gasteiger partial charge in [-0.1, -0.05) is 0 Å². The lowest BCUT2D eigenvalue weighted by molar-refractivity contribution is -0.140. The van der Waals surface area contributed by atoms with Gasteiger partial charge in [0.05, 0.1) is 12.5 Å². The fraction of sp³-hybridized carbons (Fsp3) is 0.833. The first kappa shape index (κ1) is 14.1. The Balaban J connectivity index is 2.31. The molecule has 1 aliphatic heterocycles. The molecule has 5 heteroatoms. The molecular formula is C12H22N2O3. The molecule has 1 fully saturated rings. The number of rotatable bonds is 7. The lowest BCUT2D eigenvalue weighted by atomic mass is 10.2. The van der Waals surface area contributed by atoms with Gasteiger partial charge < -0.3 is 10.1 Å². The van der Waals surface area contributed by atoms with Crippen molar-refractivity contribution in [3.8, 4) is 0 Å². The number of imide groups is 1. The van der Waals surface area contributed by atoms with Crippen molar-refractivity contribution in [2.75, 3.05) is 19.8 Å². The summed E-state index contributed by atoms with van der Waals surface area (Å²) in [6, 6.07) is -0.392. The third kappa shape index (κ3) is 3.78. The van der Waals surface area contributed by atoms with E-state index < -0.39 is 0 Å². The molecule has 0 bridgehead atoms. The zero-order valence-corrected chi connectivity index (χ0v) is 10.9. The first-order valence-corrected chi connectivity index (χ1v) is 6.25. The molecule has 1 aliphatic rings.